The van der Waals surface area contributed by atoms with Gasteiger partial charge in [0, 0.05) is 19.4 Å². The number of nitrogens with one attached hydrogen (secondary N) is 1. The van der Waals surface area contributed by atoms with Crippen molar-refractivity contribution >= 4 is 18.0 Å². The molecule has 1 amide bonds. The maximum absolute atomic E-state index is 12.5. The minimum atomic E-state index is -0.652. The van der Waals surface area contributed by atoms with Crippen LogP contribution in [0.1, 0.15) is 206 Å². The Morgan fingerprint density at radius 1 is 0.519 bits per heavy atom. The maximum atomic E-state index is 12.5. The lowest BCUT2D eigenvalue weighted by atomic mass is 10.1. The standard InChI is InChI=1S/C46H84N2O6/c1-3-5-7-9-11-13-15-17-19-21-23-25-27-29-31-35-44(49)53-41-43(47-46(51)52-40-39-48-37-33-34-38-48)42-54-45(50)36-32-30-28-26-24-22-20-18-16-14-12-10-8-6-4-2/h17-20,43H,3-16,21-42H2,1-2H3,(H,47,51). The molecule has 0 aliphatic carbocycles. The minimum Gasteiger partial charge on any atom is -0.463 e. The second-order valence-corrected chi connectivity index (χ2v) is 15.6. The first-order valence-corrected chi connectivity index (χ1v) is 22.8. The van der Waals surface area contributed by atoms with E-state index < -0.39 is 12.1 Å². The molecule has 54 heavy (non-hydrogen) atoms. The summed E-state index contributed by atoms with van der Waals surface area (Å²) < 4.78 is 16.4. The van der Waals surface area contributed by atoms with Gasteiger partial charge in [0.1, 0.15) is 25.9 Å². The number of allylic oxidation sites excluding steroid dienone is 4. The molecule has 0 spiro atoms. The van der Waals surface area contributed by atoms with Crippen molar-refractivity contribution in [1.29, 1.82) is 0 Å². The van der Waals surface area contributed by atoms with Crippen LogP contribution in [0.2, 0.25) is 0 Å². The predicted octanol–water partition coefficient (Wildman–Crippen LogP) is 12.3. The molecule has 1 rings (SSSR count). The average Bonchev–Trinajstić information content (AvgIpc) is 3.69. The molecule has 1 saturated heterocycles. The lowest BCUT2D eigenvalue weighted by Crippen LogP contribution is -2.43. The summed E-state index contributed by atoms with van der Waals surface area (Å²) in [7, 11) is 0. The number of esters is 2. The first-order valence-electron chi connectivity index (χ1n) is 22.8. The van der Waals surface area contributed by atoms with Crippen LogP contribution in [0.25, 0.3) is 0 Å². The number of alkyl carbamates (subject to hydrolysis) is 1. The molecule has 1 heterocycles. The van der Waals surface area contributed by atoms with Crippen LogP contribution in [0.4, 0.5) is 4.79 Å². The maximum Gasteiger partial charge on any atom is 0.407 e. The van der Waals surface area contributed by atoms with Crippen molar-refractivity contribution in [3.8, 4) is 0 Å². The van der Waals surface area contributed by atoms with Gasteiger partial charge in [0.15, 0.2) is 0 Å². The second-order valence-electron chi connectivity index (χ2n) is 15.6. The summed E-state index contributed by atoms with van der Waals surface area (Å²) in [6.07, 6.45) is 43.1. The summed E-state index contributed by atoms with van der Waals surface area (Å²) >= 11 is 0. The number of unbranched alkanes of at least 4 members (excludes halogenated alkanes) is 22. The van der Waals surface area contributed by atoms with Crippen LogP contribution >= 0.6 is 0 Å². The van der Waals surface area contributed by atoms with E-state index in [9.17, 15) is 14.4 Å². The third-order valence-electron chi connectivity index (χ3n) is 10.3. The molecule has 0 aromatic rings. The number of hydrogen-bond acceptors (Lipinski definition) is 7. The third kappa shape index (κ3) is 34.2. The van der Waals surface area contributed by atoms with Gasteiger partial charge >= 0.3 is 18.0 Å². The van der Waals surface area contributed by atoms with E-state index in [1.165, 1.54) is 128 Å². The van der Waals surface area contributed by atoms with Crippen LogP contribution < -0.4 is 5.32 Å². The number of carbonyl (C=O) groups excluding carboxylic acids is 3. The zero-order valence-electron chi connectivity index (χ0n) is 35.2. The number of likely N-dealkylation sites (tertiary alicyclic amines) is 1. The zero-order valence-corrected chi connectivity index (χ0v) is 35.2. The van der Waals surface area contributed by atoms with Gasteiger partial charge in [0.25, 0.3) is 0 Å². The predicted molar refractivity (Wildman–Crippen MR) is 225 cm³/mol. The Bertz CT molecular complexity index is 876. The smallest absolute Gasteiger partial charge is 0.407 e. The highest BCUT2D eigenvalue weighted by atomic mass is 16.6. The second kappa shape index (κ2) is 38.9. The first-order chi connectivity index (χ1) is 26.5. The van der Waals surface area contributed by atoms with Crippen LogP contribution in [0.5, 0.6) is 0 Å². The molecule has 0 atom stereocenters. The fraction of sp³-hybridized carbons (Fsp3) is 0.848. The highest BCUT2D eigenvalue weighted by molar-refractivity contribution is 5.70. The van der Waals surface area contributed by atoms with E-state index in [1.807, 2.05) is 0 Å². The van der Waals surface area contributed by atoms with Crippen molar-refractivity contribution in [1.82, 2.24) is 10.2 Å². The molecule has 1 N–H and O–H groups in total. The molecule has 8 heteroatoms. The van der Waals surface area contributed by atoms with Gasteiger partial charge in [-0.2, -0.15) is 0 Å². The number of rotatable bonds is 38. The average molecular weight is 761 g/mol. The summed E-state index contributed by atoms with van der Waals surface area (Å²) in [6, 6.07) is -0.652. The lowest BCUT2D eigenvalue weighted by molar-refractivity contribution is -0.147. The van der Waals surface area contributed by atoms with Gasteiger partial charge in [0.2, 0.25) is 0 Å². The van der Waals surface area contributed by atoms with Crippen LogP contribution in [-0.2, 0) is 23.8 Å². The van der Waals surface area contributed by atoms with Crippen molar-refractivity contribution in [2.75, 3.05) is 39.5 Å². The summed E-state index contributed by atoms with van der Waals surface area (Å²) in [5, 5.41) is 2.75. The van der Waals surface area contributed by atoms with E-state index in [-0.39, 0.29) is 25.2 Å². The molecule has 0 aromatic carbocycles. The minimum absolute atomic E-state index is 0.0498. The molecular weight excluding hydrogens is 677 g/mol. The number of amides is 1. The number of carbonyl (C=O) groups is 3. The fourth-order valence-corrected chi connectivity index (χ4v) is 6.83. The number of hydrogen-bond donors (Lipinski definition) is 1. The normalized spacial score (nSPS) is 13.9. The quantitative estimate of drug-likeness (QED) is 0.0290. The highest BCUT2D eigenvalue weighted by Crippen LogP contribution is 2.13. The summed E-state index contributed by atoms with van der Waals surface area (Å²) in [5.41, 5.74) is 0. The Hall–Kier alpha value is -2.35. The van der Waals surface area contributed by atoms with Gasteiger partial charge in [-0.25, -0.2) is 4.79 Å². The van der Waals surface area contributed by atoms with E-state index in [0.717, 1.165) is 64.5 Å². The van der Waals surface area contributed by atoms with Crippen LogP contribution in [0.15, 0.2) is 24.3 Å². The van der Waals surface area contributed by atoms with E-state index >= 15 is 0 Å². The van der Waals surface area contributed by atoms with Crippen molar-refractivity contribution in [3.05, 3.63) is 24.3 Å². The lowest BCUT2D eigenvalue weighted by Gasteiger charge is -2.19. The van der Waals surface area contributed by atoms with E-state index in [4.69, 9.17) is 14.2 Å². The summed E-state index contributed by atoms with van der Waals surface area (Å²) in [5.74, 6) is -0.581. The summed E-state index contributed by atoms with van der Waals surface area (Å²) in [4.78, 5) is 39.8. The molecular formula is C46H84N2O6. The van der Waals surface area contributed by atoms with Gasteiger partial charge in [-0.05, 0) is 90.1 Å². The van der Waals surface area contributed by atoms with Crippen molar-refractivity contribution in [2.45, 2.75) is 213 Å². The molecule has 314 valence electrons. The van der Waals surface area contributed by atoms with E-state index in [0.29, 0.717) is 26.0 Å². The Kier molecular flexibility index (Phi) is 35.8. The topological polar surface area (TPSA) is 94.2 Å². The Morgan fingerprint density at radius 2 is 0.889 bits per heavy atom. The van der Waals surface area contributed by atoms with Gasteiger partial charge in [-0.15, -0.1) is 0 Å². The molecule has 0 saturated carbocycles. The Labute approximate surface area is 332 Å². The number of nitrogens with zero attached hydrogens (tertiary/aromatic N) is 1. The Morgan fingerprint density at radius 3 is 1.30 bits per heavy atom. The van der Waals surface area contributed by atoms with Crippen molar-refractivity contribution in [3.63, 3.8) is 0 Å². The molecule has 8 nitrogen and oxygen atoms in total. The first kappa shape index (κ1) is 49.7. The third-order valence-corrected chi connectivity index (χ3v) is 10.3. The number of ether oxygens (including phenoxy) is 3. The largest absolute Gasteiger partial charge is 0.463 e. The summed E-state index contributed by atoms with van der Waals surface area (Å²) in [6.45, 7) is 7.48. The molecule has 1 aliphatic rings. The van der Waals surface area contributed by atoms with Gasteiger partial charge in [-0.3, -0.25) is 14.5 Å². The van der Waals surface area contributed by atoms with Gasteiger partial charge in [-0.1, -0.05) is 141 Å². The van der Waals surface area contributed by atoms with Crippen molar-refractivity contribution in [2.24, 2.45) is 0 Å². The molecule has 1 fully saturated rings. The molecule has 0 bridgehead atoms. The molecule has 0 unspecified atom stereocenters. The monoisotopic (exact) mass is 761 g/mol. The van der Waals surface area contributed by atoms with E-state index in [1.54, 1.807) is 0 Å². The highest BCUT2D eigenvalue weighted by Gasteiger charge is 2.19. The molecule has 0 aromatic heterocycles. The van der Waals surface area contributed by atoms with Crippen molar-refractivity contribution < 1.29 is 28.6 Å². The van der Waals surface area contributed by atoms with Crippen LogP contribution in [0, 0.1) is 0 Å². The van der Waals surface area contributed by atoms with Crippen LogP contribution in [-0.4, -0.2) is 68.4 Å². The van der Waals surface area contributed by atoms with E-state index in [2.05, 4.69) is 48.4 Å². The SMILES string of the molecule is CCCCCCCCC=CCCCCCCCC(=O)OCC(COC(=O)CCCCCCCC=CCCCCCCCC)NC(=O)OCCN1CCCC1. The Balaban J connectivity index is 2.21. The molecule has 0 radical (unpaired) electrons. The molecule has 1 aliphatic heterocycles. The van der Waals surface area contributed by atoms with Gasteiger partial charge < -0.3 is 19.5 Å². The van der Waals surface area contributed by atoms with Crippen LogP contribution in [0.3, 0.4) is 0 Å². The fourth-order valence-electron chi connectivity index (χ4n) is 6.83. The zero-order chi connectivity index (χ0) is 39.0. The van der Waals surface area contributed by atoms with Gasteiger partial charge in [0.05, 0.1) is 0 Å².